The molecule has 1 atom stereocenters. The molecule has 1 aromatic carbocycles. The number of morpholine rings is 1. The molecule has 0 aliphatic carbocycles. The third kappa shape index (κ3) is 2.15. The molecule has 0 radical (unpaired) electrons. The maximum atomic E-state index is 11.5. The van der Waals surface area contributed by atoms with E-state index in [2.05, 4.69) is 19.2 Å². The van der Waals surface area contributed by atoms with E-state index in [1.54, 1.807) is 0 Å². The first-order valence-corrected chi connectivity index (χ1v) is 6.66. The van der Waals surface area contributed by atoms with E-state index in [0.717, 1.165) is 29.8 Å². The van der Waals surface area contributed by atoms with Crippen molar-refractivity contribution in [3.63, 3.8) is 0 Å². The average molecular weight is 261 g/mol. The van der Waals surface area contributed by atoms with Crippen LogP contribution in [0.4, 0.5) is 0 Å². The minimum Gasteiger partial charge on any atom is -0.457 e. The fraction of sp³-hybridized carbons (Fsp3) is 0.533. The van der Waals surface area contributed by atoms with Gasteiger partial charge in [0.2, 0.25) is 0 Å². The van der Waals surface area contributed by atoms with Crippen molar-refractivity contribution in [3.8, 4) is 0 Å². The van der Waals surface area contributed by atoms with Gasteiger partial charge in [0, 0.05) is 18.7 Å². The van der Waals surface area contributed by atoms with E-state index in [4.69, 9.17) is 9.47 Å². The highest BCUT2D eigenvalue weighted by molar-refractivity contribution is 5.93. The lowest BCUT2D eigenvalue weighted by Crippen LogP contribution is -2.47. The van der Waals surface area contributed by atoms with Crippen LogP contribution >= 0.6 is 0 Å². The summed E-state index contributed by atoms with van der Waals surface area (Å²) in [6, 6.07) is 3.85. The lowest BCUT2D eigenvalue weighted by Gasteiger charge is -2.37. The number of esters is 1. The van der Waals surface area contributed by atoms with Crippen LogP contribution in [-0.4, -0.2) is 24.7 Å². The third-order valence-electron chi connectivity index (χ3n) is 3.90. The fourth-order valence-corrected chi connectivity index (χ4v) is 2.86. The maximum absolute atomic E-state index is 11.5. The molecule has 1 fully saturated rings. The summed E-state index contributed by atoms with van der Waals surface area (Å²) >= 11 is 0. The summed E-state index contributed by atoms with van der Waals surface area (Å²) in [5, 5.41) is 3.40. The van der Waals surface area contributed by atoms with Crippen molar-refractivity contribution < 1.29 is 14.3 Å². The van der Waals surface area contributed by atoms with Gasteiger partial charge in [0.25, 0.3) is 0 Å². The smallest absolute Gasteiger partial charge is 0.338 e. The number of carbonyl (C=O) groups excluding carboxylic acids is 1. The Morgan fingerprint density at radius 2 is 2.16 bits per heavy atom. The lowest BCUT2D eigenvalue weighted by molar-refractivity contribution is -0.0961. The Hall–Kier alpha value is -1.39. The summed E-state index contributed by atoms with van der Waals surface area (Å²) in [6.07, 6.45) is 0.0322. The number of ether oxygens (including phenoxy) is 2. The van der Waals surface area contributed by atoms with Crippen LogP contribution in [0.15, 0.2) is 12.1 Å². The van der Waals surface area contributed by atoms with Gasteiger partial charge in [-0.2, -0.15) is 0 Å². The van der Waals surface area contributed by atoms with Gasteiger partial charge in [-0.25, -0.2) is 4.79 Å². The molecule has 102 valence electrons. The zero-order valence-electron chi connectivity index (χ0n) is 11.6. The van der Waals surface area contributed by atoms with Crippen LogP contribution in [0.2, 0.25) is 0 Å². The quantitative estimate of drug-likeness (QED) is 0.786. The van der Waals surface area contributed by atoms with Gasteiger partial charge in [0.15, 0.2) is 0 Å². The van der Waals surface area contributed by atoms with E-state index in [9.17, 15) is 4.79 Å². The van der Waals surface area contributed by atoms with Crippen LogP contribution in [0.25, 0.3) is 0 Å². The second-order valence-electron chi connectivity index (χ2n) is 5.88. The van der Waals surface area contributed by atoms with Crippen molar-refractivity contribution in [2.75, 3.05) is 13.1 Å². The first kappa shape index (κ1) is 12.6. The van der Waals surface area contributed by atoms with Gasteiger partial charge in [0.05, 0.1) is 17.3 Å². The molecule has 0 spiro atoms. The molecule has 0 aromatic heterocycles. The Labute approximate surface area is 113 Å². The predicted octanol–water partition coefficient (Wildman–Crippen LogP) is 2.10. The summed E-state index contributed by atoms with van der Waals surface area (Å²) in [5.74, 6) is -0.215. The maximum Gasteiger partial charge on any atom is 0.338 e. The molecule has 0 amide bonds. The molecule has 1 N–H and O–H groups in total. The molecule has 19 heavy (non-hydrogen) atoms. The Kier molecular flexibility index (Phi) is 2.87. The highest BCUT2D eigenvalue weighted by Crippen LogP contribution is 2.33. The minimum absolute atomic E-state index is 0.0322. The largest absolute Gasteiger partial charge is 0.457 e. The third-order valence-corrected chi connectivity index (χ3v) is 3.90. The normalized spacial score (nSPS) is 25.0. The number of nitrogens with one attached hydrogen (secondary N) is 1. The molecule has 4 nitrogen and oxygen atoms in total. The zero-order valence-corrected chi connectivity index (χ0v) is 11.6. The van der Waals surface area contributed by atoms with E-state index in [1.165, 1.54) is 0 Å². The standard InChI is InChI=1S/C15H19NO3/c1-9-10(13-6-16-8-15(2,3)19-13)4-5-11-12(9)7-18-14(11)17/h4-5,13,16H,6-8H2,1-3H3/t13-/m0/s1. The van der Waals surface area contributed by atoms with E-state index in [-0.39, 0.29) is 17.7 Å². The zero-order chi connectivity index (χ0) is 13.6. The van der Waals surface area contributed by atoms with Crippen molar-refractivity contribution in [1.82, 2.24) is 5.32 Å². The van der Waals surface area contributed by atoms with Crippen molar-refractivity contribution in [2.45, 2.75) is 39.1 Å². The number of rotatable bonds is 1. The second kappa shape index (κ2) is 4.32. The van der Waals surface area contributed by atoms with Gasteiger partial charge in [-0.05, 0) is 38.0 Å². The molecule has 0 saturated carbocycles. The van der Waals surface area contributed by atoms with Crippen molar-refractivity contribution in [2.24, 2.45) is 0 Å². The van der Waals surface area contributed by atoms with Gasteiger partial charge in [0.1, 0.15) is 6.61 Å². The second-order valence-corrected chi connectivity index (χ2v) is 5.88. The average Bonchev–Trinajstić information content (AvgIpc) is 2.71. The first-order chi connectivity index (χ1) is 8.98. The number of hydrogen-bond donors (Lipinski definition) is 1. The molecule has 0 bridgehead atoms. The highest BCUT2D eigenvalue weighted by atomic mass is 16.5. The van der Waals surface area contributed by atoms with E-state index in [0.29, 0.717) is 12.2 Å². The van der Waals surface area contributed by atoms with E-state index >= 15 is 0 Å². The molecule has 1 aromatic rings. The van der Waals surface area contributed by atoms with Crippen LogP contribution < -0.4 is 5.32 Å². The number of carbonyl (C=O) groups is 1. The number of hydrogen-bond acceptors (Lipinski definition) is 4. The molecule has 4 heteroatoms. The first-order valence-electron chi connectivity index (χ1n) is 6.66. The van der Waals surface area contributed by atoms with Crippen LogP contribution in [0.3, 0.4) is 0 Å². The predicted molar refractivity (Wildman–Crippen MR) is 71.1 cm³/mol. The van der Waals surface area contributed by atoms with Crippen molar-refractivity contribution >= 4 is 5.97 Å². The molecule has 2 aliphatic rings. The summed E-state index contributed by atoms with van der Waals surface area (Å²) < 4.78 is 11.2. The fourth-order valence-electron chi connectivity index (χ4n) is 2.86. The van der Waals surface area contributed by atoms with Crippen molar-refractivity contribution in [3.05, 3.63) is 34.4 Å². The van der Waals surface area contributed by atoms with Crippen LogP contribution in [-0.2, 0) is 16.1 Å². The van der Waals surface area contributed by atoms with Gasteiger partial charge < -0.3 is 14.8 Å². The highest BCUT2D eigenvalue weighted by Gasteiger charge is 2.32. The van der Waals surface area contributed by atoms with Crippen LogP contribution in [0.1, 0.15) is 47.0 Å². The number of benzene rings is 1. The SMILES string of the molecule is Cc1c([C@@H]2CNCC(C)(C)O2)ccc2c1COC2=O. The summed E-state index contributed by atoms with van der Waals surface area (Å²) in [7, 11) is 0. The number of fused-ring (bicyclic) bond motifs is 1. The molecule has 3 rings (SSSR count). The summed E-state index contributed by atoms with van der Waals surface area (Å²) in [4.78, 5) is 11.5. The Balaban J connectivity index is 1.96. The van der Waals surface area contributed by atoms with Crippen LogP contribution in [0, 0.1) is 6.92 Å². The molecule has 2 aliphatic heterocycles. The Bertz CT molecular complexity index is 536. The molecular formula is C15H19NO3. The van der Waals surface area contributed by atoms with Gasteiger partial charge in [-0.15, -0.1) is 0 Å². The van der Waals surface area contributed by atoms with E-state index in [1.807, 2.05) is 19.1 Å². The lowest BCUT2D eigenvalue weighted by atomic mass is 9.94. The number of cyclic esters (lactones) is 1. The monoisotopic (exact) mass is 261 g/mol. The van der Waals surface area contributed by atoms with Gasteiger partial charge >= 0.3 is 5.97 Å². The Morgan fingerprint density at radius 1 is 1.37 bits per heavy atom. The molecule has 1 saturated heterocycles. The van der Waals surface area contributed by atoms with Crippen LogP contribution in [0.5, 0.6) is 0 Å². The molecular weight excluding hydrogens is 242 g/mol. The van der Waals surface area contributed by atoms with E-state index < -0.39 is 0 Å². The summed E-state index contributed by atoms with van der Waals surface area (Å²) in [6.45, 7) is 8.26. The summed E-state index contributed by atoms with van der Waals surface area (Å²) in [5.41, 5.74) is 3.81. The minimum atomic E-state index is -0.215. The van der Waals surface area contributed by atoms with Gasteiger partial charge in [-0.1, -0.05) is 6.07 Å². The van der Waals surface area contributed by atoms with Gasteiger partial charge in [-0.3, -0.25) is 0 Å². The molecule has 2 heterocycles. The van der Waals surface area contributed by atoms with Crippen molar-refractivity contribution in [1.29, 1.82) is 0 Å². The Morgan fingerprint density at radius 3 is 2.89 bits per heavy atom. The topological polar surface area (TPSA) is 47.6 Å². The molecule has 0 unspecified atom stereocenters.